The largest absolute Gasteiger partial charge is 0.421 e. The van der Waals surface area contributed by atoms with Crippen LogP contribution in [0.2, 0.25) is 0 Å². The summed E-state index contributed by atoms with van der Waals surface area (Å²) in [6.07, 6.45) is 0. The predicted molar refractivity (Wildman–Crippen MR) is 101 cm³/mol. The molecule has 8 heteroatoms. The fourth-order valence-electron chi connectivity index (χ4n) is 2.31. The number of urea groups is 1. The summed E-state index contributed by atoms with van der Waals surface area (Å²) < 4.78 is 5.38. The summed E-state index contributed by atoms with van der Waals surface area (Å²) in [7, 11) is 0. The van der Waals surface area contributed by atoms with E-state index in [-0.39, 0.29) is 6.03 Å². The topological polar surface area (TPSA) is 92.9 Å². The highest BCUT2D eigenvalue weighted by Gasteiger charge is 2.12. The van der Waals surface area contributed by atoms with Crippen molar-refractivity contribution >= 4 is 23.1 Å². The molecule has 0 saturated heterocycles. The number of carbonyl (C=O) groups excluding carboxylic acids is 1. The van der Waals surface area contributed by atoms with Gasteiger partial charge in [0.2, 0.25) is 11.8 Å². The van der Waals surface area contributed by atoms with Crippen molar-refractivity contribution in [1.82, 2.24) is 20.5 Å². The van der Waals surface area contributed by atoms with E-state index < -0.39 is 0 Å². The first-order valence-corrected chi connectivity index (χ1v) is 9.15. The molecule has 7 nitrogen and oxygen atoms in total. The van der Waals surface area contributed by atoms with Crippen LogP contribution in [-0.2, 0) is 6.54 Å². The normalized spacial score (nSPS) is 11.0. The minimum Gasteiger partial charge on any atom is -0.421 e. The Labute approximate surface area is 155 Å². The summed E-state index contributed by atoms with van der Waals surface area (Å²) in [5.41, 5.74) is 2.46. The number of hydrogen-bond acceptors (Lipinski definition) is 6. The van der Waals surface area contributed by atoms with Crippen LogP contribution in [0.4, 0.5) is 10.5 Å². The first-order valence-electron chi connectivity index (χ1n) is 8.34. The molecule has 3 aromatic rings. The van der Waals surface area contributed by atoms with Crippen LogP contribution in [0.15, 0.2) is 28.7 Å². The van der Waals surface area contributed by atoms with Gasteiger partial charge in [-0.3, -0.25) is 0 Å². The highest BCUT2D eigenvalue weighted by Crippen LogP contribution is 2.24. The highest BCUT2D eigenvalue weighted by molar-refractivity contribution is 7.11. The number of hydrogen-bond donors (Lipinski definition) is 2. The molecule has 0 spiro atoms. The number of thiazole rings is 1. The Morgan fingerprint density at radius 1 is 1.19 bits per heavy atom. The Morgan fingerprint density at radius 2 is 1.92 bits per heavy atom. The van der Waals surface area contributed by atoms with Gasteiger partial charge in [-0.05, 0) is 31.2 Å². The average Bonchev–Trinajstić information content (AvgIpc) is 3.20. The van der Waals surface area contributed by atoms with Gasteiger partial charge in [-0.25, -0.2) is 9.78 Å². The second kappa shape index (κ2) is 7.65. The third kappa shape index (κ3) is 4.26. The molecule has 0 saturated carbocycles. The Kier molecular flexibility index (Phi) is 5.32. The molecule has 136 valence electrons. The van der Waals surface area contributed by atoms with E-state index in [0.717, 1.165) is 21.1 Å². The smallest absolute Gasteiger partial charge is 0.319 e. The van der Waals surface area contributed by atoms with Gasteiger partial charge in [0.1, 0.15) is 0 Å². The van der Waals surface area contributed by atoms with Crippen LogP contribution < -0.4 is 10.6 Å². The van der Waals surface area contributed by atoms with Gasteiger partial charge in [-0.15, -0.1) is 21.5 Å². The molecule has 0 aliphatic carbocycles. The van der Waals surface area contributed by atoms with Gasteiger partial charge in [0, 0.05) is 29.0 Å². The lowest BCUT2D eigenvalue weighted by atomic mass is 10.2. The van der Waals surface area contributed by atoms with Crippen molar-refractivity contribution in [3.05, 3.63) is 45.7 Å². The molecule has 0 fully saturated rings. The van der Waals surface area contributed by atoms with Crippen molar-refractivity contribution in [3.63, 3.8) is 0 Å². The second-order valence-corrected chi connectivity index (χ2v) is 7.34. The first-order chi connectivity index (χ1) is 12.4. The van der Waals surface area contributed by atoms with Crippen molar-refractivity contribution in [1.29, 1.82) is 0 Å². The number of nitrogens with zero attached hydrogens (tertiary/aromatic N) is 3. The maximum absolute atomic E-state index is 12.1. The molecule has 0 aliphatic rings. The van der Waals surface area contributed by atoms with E-state index in [9.17, 15) is 4.79 Å². The van der Waals surface area contributed by atoms with Gasteiger partial charge in [0.05, 0.1) is 17.2 Å². The molecule has 0 aliphatic heterocycles. The number of aromatic nitrogens is 3. The Balaban J connectivity index is 1.56. The van der Waals surface area contributed by atoms with E-state index in [1.54, 1.807) is 30.4 Å². The number of aryl methyl sites for hydroxylation is 2. The van der Waals surface area contributed by atoms with Crippen LogP contribution in [-0.4, -0.2) is 21.2 Å². The van der Waals surface area contributed by atoms with E-state index in [2.05, 4.69) is 39.7 Å². The van der Waals surface area contributed by atoms with Crippen molar-refractivity contribution in [2.24, 2.45) is 0 Å². The van der Waals surface area contributed by atoms with Crippen molar-refractivity contribution < 1.29 is 9.21 Å². The van der Waals surface area contributed by atoms with Crippen molar-refractivity contribution in [2.75, 3.05) is 5.32 Å². The number of anilines is 1. The zero-order valence-corrected chi connectivity index (χ0v) is 16.0. The number of nitrogens with one attached hydrogen (secondary N) is 2. The molecule has 2 heterocycles. The zero-order valence-electron chi connectivity index (χ0n) is 15.2. The molecular weight excluding hydrogens is 350 g/mol. The molecule has 1 aromatic carbocycles. The van der Waals surface area contributed by atoms with E-state index >= 15 is 0 Å². The summed E-state index contributed by atoms with van der Waals surface area (Å²) in [4.78, 5) is 17.7. The molecule has 2 aromatic heterocycles. The highest BCUT2D eigenvalue weighted by atomic mass is 32.1. The van der Waals surface area contributed by atoms with Crippen LogP contribution in [0.3, 0.4) is 0 Å². The van der Waals surface area contributed by atoms with Gasteiger partial charge in [0.25, 0.3) is 0 Å². The number of carbonyl (C=O) groups is 1. The Hall–Kier alpha value is -2.74. The van der Waals surface area contributed by atoms with Crippen molar-refractivity contribution in [2.45, 2.75) is 40.2 Å². The van der Waals surface area contributed by atoms with Crippen LogP contribution in [0.1, 0.15) is 41.2 Å². The lowest BCUT2D eigenvalue weighted by molar-refractivity contribution is 0.252. The van der Waals surface area contributed by atoms with Gasteiger partial charge in [-0.2, -0.15) is 0 Å². The maximum Gasteiger partial charge on any atom is 0.319 e. The van der Waals surface area contributed by atoms with E-state index in [1.165, 1.54) is 0 Å². The standard InChI is InChI=1S/C18H21N5O2S/c1-10(2)17-20-11(3)15(26-17)9-19-18(24)21-14-7-5-13(6-8-14)16-23-22-12(4)25-16/h5-8,10H,9H2,1-4H3,(H2,19,21,24). The van der Waals surface area contributed by atoms with E-state index in [4.69, 9.17) is 4.42 Å². The summed E-state index contributed by atoms with van der Waals surface area (Å²) in [5.74, 6) is 1.36. The van der Waals surface area contributed by atoms with Gasteiger partial charge >= 0.3 is 6.03 Å². The summed E-state index contributed by atoms with van der Waals surface area (Å²) in [5, 5.41) is 14.5. The van der Waals surface area contributed by atoms with Gasteiger partial charge in [0.15, 0.2) is 0 Å². The fourth-order valence-corrected chi connectivity index (χ4v) is 3.32. The minimum atomic E-state index is -0.259. The summed E-state index contributed by atoms with van der Waals surface area (Å²) in [6.45, 7) is 8.39. The Morgan fingerprint density at radius 3 is 2.50 bits per heavy atom. The molecule has 3 rings (SSSR count). The number of benzene rings is 1. The monoisotopic (exact) mass is 371 g/mol. The molecule has 2 amide bonds. The summed E-state index contributed by atoms with van der Waals surface area (Å²) >= 11 is 1.64. The SMILES string of the molecule is Cc1nnc(-c2ccc(NC(=O)NCc3sc(C(C)C)nc3C)cc2)o1. The van der Waals surface area contributed by atoms with Crippen LogP contribution in [0.25, 0.3) is 11.5 Å². The van der Waals surface area contributed by atoms with E-state index in [1.807, 2.05) is 19.1 Å². The van der Waals surface area contributed by atoms with E-state index in [0.29, 0.717) is 29.9 Å². The molecule has 0 bridgehead atoms. The molecule has 0 radical (unpaired) electrons. The molecule has 0 unspecified atom stereocenters. The lowest BCUT2D eigenvalue weighted by Gasteiger charge is -2.07. The molecule has 0 atom stereocenters. The first kappa shape index (κ1) is 18.1. The van der Waals surface area contributed by atoms with Gasteiger partial charge < -0.3 is 15.1 Å². The zero-order chi connectivity index (χ0) is 18.7. The lowest BCUT2D eigenvalue weighted by Crippen LogP contribution is -2.28. The third-order valence-corrected chi connectivity index (χ3v) is 5.19. The summed E-state index contributed by atoms with van der Waals surface area (Å²) in [6, 6.07) is 6.98. The third-order valence-electron chi connectivity index (χ3n) is 3.73. The molecule has 2 N–H and O–H groups in total. The Bertz CT molecular complexity index is 899. The van der Waals surface area contributed by atoms with Crippen LogP contribution in [0.5, 0.6) is 0 Å². The fraction of sp³-hybridized carbons (Fsp3) is 0.333. The van der Waals surface area contributed by atoms with Gasteiger partial charge in [-0.1, -0.05) is 13.8 Å². The second-order valence-electron chi connectivity index (χ2n) is 6.23. The minimum absolute atomic E-state index is 0.259. The van der Waals surface area contributed by atoms with Crippen LogP contribution in [0, 0.1) is 13.8 Å². The number of rotatable bonds is 5. The maximum atomic E-state index is 12.1. The van der Waals surface area contributed by atoms with Crippen molar-refractivity contribution in [3.8, 4) is 11.5 Å². The average molecular weight is 371 g/mol. The predicted octanol–water partition coefficient (Wildman–Crippen LogP) is 4.26. The molecule has 26 heavy (non-hydrogen) atoms. The molecular formula is C18H21N5O2S. The van der Waals surface area contributed by atoms with Crippen LogP contribution >= 0.6 is 11.3 Å². The quantitative estimate of drug-likeness (QED) is 0.699. The number of amides is 2.